The minimum Gasteiger partial charge on any atom is -0.462 e. The quantitative estimate of drug-likeness (QED) is 0.0264. The topological polar surface area (TPSA) is 78.9 Å². The maximum Gasteiger partial charge on any atom is 0.306 e. The predicted octanol–water partition coefficient (Wildman–Crippen LogP) is 16.0. The molecule has 0 rings (SSSR count). The number of ether oxygens (including phenoxy) is 3. The van der Waals surface area contributed by atoms with E-state index in [-0.39, 0.29) is 31.1 Å². The van der Waals surface area contributed by atoms with E-state index in [9.17, 15) is 14.4 Å². The van der Waals surface area contributed by atoms with Gasteiger partial charge in [0.25, 0.3) is 0 Å². The van der Waals surface area contributed by atoms with Crippen LogP contribution >= 0.6 is 0 Å². The molecule has 0 aliphatic heterocycles. The minimum atomic E-state index is -0.770. The third kappa shape index (κ3) is 44.8. The van der Waals surface area contributed by atoms with Crippen LogP contribution in [0.3, 0.4) is 0 Å². The molecule has 0 aromatic rings. The van der Waals surface area contributed by atoms with Crippen molar-refractivity contribution in [2.75, 3.05) is 13.2 Å². The highest BCUT2D eigenvalue weighted by atomic mass is 16.6. The summed E-state index contributed by atoms with van der Waals surface area (Å²) in [5.41, 5.74) is 0. The zero-order valence-electron chi connectivity index (χ0n) is 38.1. The summed E-state index contributed by atoms with van der Waals surface area (Å²) in [4.78, 5) is 37.7. The molecule has 0 amide bonds. The molecule has 1 unspecified atom stereocenters. The van der Waals surface area contributed by atoms with E-state index in [1.807, 2.05) is 0 Å². The van der Waals surface area contributed by atoms with Gasteiger partial charge in [-0.2, -0.15) is 0 Å². The van der Waals surface area contributed by atoms with Crippen LogP contribution in [0.15, 0.2) is 24.3 Å². The Labute approximate surface area is 353 Å². The van der Waals surface area contributed by atoms with Gasteiger partial charge in [0, 0.05) is 19.3 Å². The van der Waals surface area contributed by atoms with Gasteiger partial charge in [0.1, 0.15) is 13.2 Å². The van der Waals surface area contributed by atoms with Gasteiger partial charge in [0.2, 0.25) is 0 Å². The lowest BCUT2D eigenvalue weighted by Gasteiger charge is -2.18. The molecule has 57 heavy (non-hydrogen) atoms. The summed E-state index contributed by atoms with van der Waals surface area (Å²) in [5.74, 6) is -0.883. The van der Waals surface area contributed by atoms with Gasteiger partial charge in [0.05, 0.1) is 0 Å². The lowest BCUT2D eigenvalue weighted by Crippen LogP contribution is -2.30. The number of allylic oxidation sites excluding steroid dienone is 4. The van der Waals surface area contributed by atoms with Crippen LogP contribution in [-0.4, -0.2) is 37.2 Å². The largest absolute Gasteiger partial charge is 0.462 e. The number of carbonyl (C=O) groups excluding carboxylic acids is 3. The SMILES string of the molecule is CCCC/C=C\CCCCCCCC(=O)OC(COC(=O)CCCCCCCCC/C=C\CCCCCCCCCC)COC(=O)CCCCCCCCCCC. The van der Waals surface area contributed by atoms with E-state index in [0.29, 0.717) is 19.3 Å². The van der Waals surface area contributed by atoms with E-state index in [1.54, 1.807) is 0 Å². The highest BCUT2D eigenvalue weighted by Crippen LogP contribution is 2.15. The molecule has 0 heterocycles. The number of esters is 3. The van der Waals surface area contributed by atoms with Gasteiger partial charge < -0.3 is 14.2 Å². The molecule has 0 aliphatic carbocycles. The average molecular weight is 803 g/mol. The molecule has 0 aromatic heterocycles. The second-order valence-corrected chi connectivity index (χ2v) is 16.7. The highest BCUT2D eigenvalue weighted by Gasteiger charge is 2.19. The Morgan fingerprint density at radius 1 is 0.333 bits per heavy atom. The smallest absolute Gasteiger partial charge is 0.306 e. The summed E-state index contributed by atoms with van der Waals surface area (Å²) < 4.78 is 16.7. The molecule has 1 atom stereocenters. The van der Waals surface area contributed by atoms with Gasteiger partial charge in [-0.05, 0) is 64.2 Å². The molecule has 0 bridgehead atoms. The molecule has 0 fully saturated rings. The maximum atomic E-state index is 12.7. The summed E-state index contributed by atoms with van der Waals surface area (Å²) in [6.07, 6.45) is 51.7. The third-order valence-electron chi connectivity index (χ3n) is 10.9. The van der Waals surface area contributed by atoms with Crippen molar-refractivity contribution < 1.29 is 28.6 Å². The molecule has 0 aromatic carbocycles. The summed E-state index contributed by atoms with van der Waals surface area (Å²) in [7, 11) is 0. The number of rotatable bonds is 45. The Morgan fingerprint density at radius 2 is 0.596 bits per heavy atom. The van der Waals surface area contributed by atoms with E-state index in [4.69, 9.17) is 14.2 Å². The number of unbranched alkanes of at least 4 members (excludes halogenated alkanes) is 30. The van der Waals surface area contributed by atoms with Crippen molar-refractivity contribution in [1.82, 2.24) is 0 Å². The summed E-state index contributed by atoms with van der Waals surface area (Å²) in [5, 5.41) is 0. The first-order valence-corrected chi connectivity index (χ1v) is 24.8. The zero-order chi connectivity index (χ0) is 41.5. The fourth-order valence-electron chi connectivity index (χ4n) is 7.12. The normalized spacial score (nSPS) is 12.1. The van der Waals surface area contributed by atoms with Crippen molar-refractivity contribution in [1.29, 1.82) is 0 Å². The van der Waals surface area contributed by atoms with Gasteiger partial charge >= 0.3 is 17.9 Å². The van der Waals surface area contributed by atoms with Crippen molar-refractivity contribution in [3.63, 3.8) is 0 Å². The molecule has 0 spiro atoms. The standard InChI is InChI=1S/C51H94O6/c1-4-7-10-13-16-19-21-22-23-24-25-26-27-28-30-32-35-38-41-44-50(53)56-47-48(46-55-49(52)43-40-37-34-31-18-15-12-9-6-3)57-51(54)45-42-39-36-33-29-20-17-14-11-8-5-2/h14,17,24-25,48H,4-13,15-16,18-23,26-47H2,1-3H3/b17-14-,25-24-. The number of hydrogen-bond donors (Lipinski definition) is 0. The van der Waals surface area contributed by atoms with Crippen molar-refractivity contribution in [3.8, 4) is 0 Å². The molecule has 0 aliphatic rings. The monoisotopic (exact) mass is 803 g/mol. The molecular formula is C51H94O6. The fraction of sp³-hybridized carbons (Fsp3) is 0.863. The molecule has 334 valence electrons. The Balaban J connectivity index is 4.25. The molecule has 0 N–H and O–H groups in total. The van der Waals surface area contributed by atoms with Gasteiger partial charge in [-0.15, -0.1) is 0 Å². The van der Waals surface area contributed by atoms with Crippen LogP contribution < -0.4 is 0 Å². The average Bonchev–Trinajstić information content (AvgIpc) is 3.21. The minimum absolute atomic E-state index is 0.0733. The molecule has 0 saturated heterocycles. The summed E-state index contributed by atoms with van der Waals surface area (Å²) in [6.45, 7) is 6.58. The third-order valence-corrected chi connectivity index (χ3v) is 10.9. The van der Waals surface area contributed by atoms with Gasteiger partial charge in [-0.3, -0.25) is 14.4 Å². The second kappa shape index (κ2) is 46.6. The van der Waals surface area contributed by atoms with Crippen LogP contribution in [0.4, 0.5) is 0 Å². The Bertz CT molecular complexity index is 927. The van der Waals surface area contributed by atoms with Crippen molar-refractivity contribution in [2.45, 2.75) is 271 Å². The Morgan fingerprint density at radius 3 is 0.930 bits per heavy atom. The molecular weight excluding hydrogens is 709 g/mol. The van der Waals surface area contributed by atoms with Crippen molar-refractivity contribution in [2.24, 2.45) is 0 Å². The Kier molecular flexibility index (Phi) is 44.9. The van der Waals surface area contributed by atoms with Crippen LogP contribution in [-0.2, 0) is 28.6 Å². The zero-order valence-corrected chi connectivity index (χ0v) is 38.1. The first kappa shape index (κ1) is 54.9. The molecule has 6 nitrogen and oxygen atoms in total. The van der Waals surface area contributed by atoms with E-state index >= 15 is 0 Å². The lowest BCUT2D eigenvalue weighted by atomic mass is 10.1. The van der Waals surface area contributed by atoms with E-state index < -0.39 is 6.10 Å². The second-order valence-electron chi connectivity index (χ2n) is 16.7. The lowest BCUT2D eigenvalue weighted by molar-refractivity contribution is -0.167. The first-order chi connectivity index (χ1) is 28.0. The molecule has 0 saturated carbocycles. The molecule has 0 radical (unpaired) electrons. The van der Waals surface area contributed by atoms with E-state index in [2.05, 4.69) is 45.1 Å². The van der Waals surface area contributed by atoms with Gasteiger partial charge in [-0.1, -0.05) is 206 Å². The van der Waals surface area contributed by atoms with Crippen LogP contribution in [0.25, 0.3) is 0 Å². The molecule has 6 heteroatoms. The van der Waals surface area contributed by atoms with E-state index in [1.165, 1.54) is 154 Å². The van der Waals surface area contributed by atoms with Crippen LogP contribution in [0.5, 0.6) is 0 Å². The van der Waals surface area contributed by atoms with Gasteiger partial charge in [0.15, 0.2) is 6.10 Å². The van der Waals surface area contributed by atoms with E-state index in [0.717, 1.165) is 70.6 Å². The first-order valence-electron chi connectivity index (χ1n) is 24.8. The highest BCUT2D eigenvalue weighted by molar-refractivity contribution is 5.71. The fourth-order valence-corrected chi connectivity index (χ4v) is 7.12. The summed E-state index contributed by atoms with van der Waals surface area (Å²) in [6, 6.07) is 0. The van der Waals surface area contributed by atoms with Crippen molar-refractivity contribution in [3.05, 3.63) is 24.3 Å². The van der Waals surface area contributed by atoms with Gasteiger partial charge in [-0.25, -0.2) is 0 Å². The van der Waals surface area contributed by atoms with Crippen LogP contribution in [0.1, 0.15) is 265 Å². The summed E-state index contributed by atoms with van der Waals surface area (Å²) >= 11 is 0. The maximum absolute atomic E-state index is 12.7. The predicted molar refractivity (Wildman–Crippen MR) is 243 cm³/mol. The Hall–Kier alpha value is -2.11. The van der Waals surface area contributed by atoms with Crippen molar-refractivity contribution >= 4 is 17.9 Å². The number of carbonyl (C=O) groups is 3. The van der Waals surface area contributed by atoms with Crippen LogP contribution in [0, 0.1) is 0 Å². The number of hydrogen-bond acceptors (Lipinski definition) is 6. The van der Waals surface area contributed by atoms with Crippen LogP contribution in [0.2, 0.25) is 0 Å².